The molecule has 5 heteroatoms. The molecule has 0 bridgehead atoms. The summed E-state index contributed by atoms with van der Waals surface area (Å²) in [6.07, 6.45) is 4.97. The Kier molecular flexibility index (Phi) is 2.88. The minimum absolute atomic E-state index is 0.257. The van der Waals surface area contributed by atoms with Gasteiger partial charge in [-0.2, -0.15) is 0 Å². The van der Waals surface area contributed by atoms with E-state index in [0.717, 1.165) is 24.2 Å². The SMILES string of the molecule is CC(C)(C)OC(=O)N1CCC2(Cc3cnccc3O2)C1. The van der Waals surface area contributed by atoms with E-state index in [1.807, 2.05) is 33.0 Å². The number of ether oxygens (including phenoxy) is 2. The molecule has 108 valence electrons. The molecule has 5 nitrogen and oxygen atoms in total. The van der Waals surface area contributed by atoms with Gasteiger partial charge in [0.15, 0.2) is 0 Å². The van der Waals surface area contributed by atoms with Crippen molar-refractivity contribution in [2.45, 2.75) is 44.8 Å². The maximum Gasteiger partial charge on any atom is 0.410 e. The van der Waals surface area contributed by atoms with Crippen LogP contribution in [-0.4, -0.2) is 40.3 Å². The molecular formula is C15H20N2O3. The highest BCUT2D eigenvalue weighted by atomic mass is 16.6. The molecule has 1 spiro atoms. The van der Waals surface area contributed by atoms with Crippen LogP contribution in [0.3, 0.4) is 0 Å². The second-order valence-electron chi connectivity index (χ2n) is 6.60. The molecule has 1 aromatic heterocycles. The molecule has 1 fully saturated rings. The standard InChI is InChI=1S/C15H20N2O3/c1-14(2,3)20-13(18)17-7-5-15(10-17)8-11-9-16-6-4-12(11)19-15/h4,6,9H,5,7-8,10H2,1-3H3. The highest BCUT2D eigenvalue weighted by Crippen LogP contribution is 2.40. The second-order valence-corrected chi connectivity index (χ2v) is 6.60. The zero-order valence-electron chi connectivity index (χ0n) is 12.2. The highest BCUT2D eigenvalue weighted by molar-refractivity contribution is 5.68. The van der Waals surface area contributed by atoms with Crippen LogP contribution in [0.25, 0.3) is 0 Å². The van der Waals surface area contributed by atoms with E-state index in [0.29, 0.717) is 13.1 Å². The molecule has 0 saturated carbocycles. The number of carbonyl (C=O) groups is 1. The van der Waals surface area contributed by atoms with Crippen LogP contribution in [0.2, 0.25) is 0 Å². The Labute approximate surface area is 118 Å². The van der Waals surface area contributed by atoms with Crippen molar-refractivity contribution in [2.75, 3.05) is 13.1 Å². The summed E-state index contributed by atoms with van der Waals surface area (Å²) < 4.78 is 11.5. The van der Waals surface area contributed by atoms with Gasteiger partial charge in [-0.15, -0.1) is 0 Å². The van der Waals surface area contributed by atoms with Gasteiger partial charge in [-0.25, -0.2) is 4.79 Å². The summed E-state index contributed by atoms with van der Waals surface area (Å²) in [5.41, 5.74) is 0.372. The van der Waals surface area contributed by atoms with Gasteiger partial charge in [0.25, 0.3) is 0 Å². The van der Waals surface area contributed by atoms with Gasteiger partial charge in [-0.1, -0.05) is 0 Å². The number of amides is 1. The third-order valence-electron chi connectivity index (χ3n) is 3.67. The van der Waals surface area contributed by atoms with Gasteiger partial charge < -0.3 is 14.4 Å². The summed E-state index contributed by atoms with van der Waals surface area (Å²) in [5.74, 6) is 0.894. The molecule has 1 aromatic rings. The van der Waals surface area contributed by atoms with E-state index >= 15 is 0 Å². The minimum atomic E-state index is -0.462. The van der Waals surface area contributed by atoms with Crippen molar-refractivity contribution in [3.8, 4) is 5.75 Å². The average Bonchev–Trinajstić information content (AvgIpc) is 2.90. The Hall–Kier alpha value is -1.78. The molecule has 1 saturated heterocycles. The maximum absolute atomic E-state index is 12.1. The fourth-order valence-electron chi connectivity index (χ4n) is 2.82. The van der Waals surface area contributed by atoms with Crippen LogP contribution in [0.5, 0.6) is 5.75 Å². The molecule has 2 aliphatic heterocycles. The van der Waals surface area contributed by atoms with Crippen molar-refractivity contribution in [1.82, 2.24) is 9.88 Å². The van der Waals surface area contributed by atoms with E-state index < -0.39 is 5.60 Å². The van der Waals surface area contributed by atoms with E-state index in [1.165, 1.54) is 0 Å². The summed E-state index contributed by atoms with van der Waals surface area (Å²) in [6.45, 7) is 6.89. The van der Waals surface area contributed by atoms with Crippen LogP contribution in [0, 0.1) is 0 Å². The van der Waals surface area contributed by atoms with E-state index in [1.54, 1.807) is 11.1 Å². The van der Waals surface area contributed by atoms with Crippen LogP contribution in [0.15, 0.2) is 18.5 Å². The largest absolute Gasteiger partial charge is 0.485 e. The summed E-state index contributed by atoms with van der Waals surface area (Å²) in [5, 5.41) is 0. The lowest BCUT2D eigenvalue weighted by atomic mass is 9.97. The quantitative estimate of drug-likeness (QED) is 0.730. The molecular weight excluding hydrogens is 256 g/mol. The van der Waals surface area contributed by atoms with Gasteiger partial charge in [0.2, 0.25) is 0 Å². The number of nitrogens with zero attached hydrogens (tertiary/aromatic N) is 2. The van der Waals surface area contributed by atoms with Gasteiger partial charge in [0, 0.05) is 37.3 Å². The number of likely N-dealkylation sites (tertiary alicyclic amines) is 1. The molecule has 1 unspecified atom stereocenters. The van der Waals surface area contributed by atoms with Gasteiger partial charge in [-0.05, 0) is 26.8 Å². The van der Waals surface area contributed by atoms with E-state index in [-0.39, 0.29) is 11.7 Å². The topological polar surface area (TPSA) is 51.7 Å². The number of pyridine rings is 1. The molecule has 0 aromatic carbocycles. The first-order valence-corrected chi connectivity index (χ1v) is 6.97. The molecule has 0 N–H and O–H groups in total. The van der Waals surface area contributed by atoms with Gasteiger partial charge in [0.1, 0.15) is 17.0 Å². The van der Waals surface area contributed by atoms with Crippen LogP contribution in [0.1, 0.15) is 32.8 Å². The summed E-state index contributed by atoms with van der Waals surface area (Å²) in [7, 11) is 0. The van der Waals surface area contributed by atoms with Crippen molar-refractivity contribution in [1.29, 1.82) is 0 Å². The Morgan fingerprint density at radius 1 is 1.50 bits per heavy atom. The molecule has 3 heterocycles. The Bertz CT molecular complexity index is 511. The summed E-state index contributed by atoms with van der Waals surface area (Å²) >= 11 is 0. The van der Waals surface area contributed by atoms with Crippen molar-refractivity contribution < 1.29 is 14.3 Å². The lowest BCUT2D eigenvalue weighted by Gasteiger charge is -2.26. The fourth-order valence-corrected chi connectivity index (χ4v) is 2.82. The normalized spacial score (nSPS) is 24.6. The number of aromatic nitrogens is 1. The predicted octanol–water partition coefficient (Wildman–Crippen LogP) is 2.40. The van der Waals surface area contributed by atoms with E-state index in [2.05, 4.69) is 4.98 Å². The average molecular weight is 276 g/mol. The number of hydrogen-bond acceptors (Lipinski definition) is 4. The predicted molar refractivity (Wildman–Crippen MR) is 73.7 cm³/mol. The van der Waals surface area contributed by atoms with Gasteiger partial charge in [0.05, 0.1) is 6.54 Å². The number of carbonyl (C=O) groups excluding carboxylic acids is 1. The first kappa shape index (κ1) is 13.2. The molecule has 20 heavy (non-hydrogen) atoms. The number of hydrogen-bond donors (Lipinski definition) is 0. The minimum Gasteiger partial charge on any atom is -0.485 e. The maximum atomic E-state index is 12.1. The summed E-state index contributed by atoms with van der Waals surface area (Å²) in [4.78, 5) is 18.0. The second kappa shape index (κ2) is 4.36. The van der Waals surface area contributed by atoms with Gasteiger partial charge >= 0.3 is 6.09 Å². The zero-order chi connectivity index (χ0) is 14.4. The van der Waals surface area contributed by atoms with E-state index in [9.17, 15) is 4.79 Å². The monoisotopic (exact) mass is 276 g/mol. The lowest BCUT2D eigenvalue weighted by molar-refractivity contribution is 0.0232. The summed E-state index contributed by atoms with van der Waals surface area (Å²) in [6, 6.07) is 1.89. The van der Waals surface area contributed by atoms with Crippen LogP contribution in [0.4, 0.5) is 4.79 Å². The number of fused-ring (bicyclic) bond motifs is 1. The molecule has 2 aliphatic rings. The smallest absolute Gasteiger partial charge is 0.410 e. The van der Waals surface area contributed by atoms with Crippen LogP contribution >= 0.6 is 0 Å². The highest BCUT2D eigenvalue weighted by Gasteiger charge is 2.47. The van der Waals surface area contributed by atoms with Crippen molar-refractivity contribution >= 4 is 6.09 Å². The Balaban J connectivity index is 1.68. The van der Waals surface area contributed by atoms with Gasteiger partial charge in [-0.3, -0.25) is 4.98 Å². The lowest BCUT2D eigenvalue weighted by Crippen LogP contribution is -2.41. The van der Waals surface area contributed by atoms with E-state index in [4.69, 9.17) is 9.47 Å². The fraction of sp³-hybridized carbons (Fsp3) is 0.600. The Morgan fingerprint density at radius 3 is 3.00 bits per heavy atom. The molecule has 1 atom stereocenters. The molecule has 0 aliphatic carbocycles. The first-order valence-electron chi connectivity index (χ1n) is 6.97. The van der Waals surface area contributed by atoms with Crippen molar-refractivity contribution in [3.05, 3.63) is 24.0 Å². The Morgan fingerprint density at radius 2 is 2.30 bits per heavy atom. The zero-order valence-corrected chi connectivity index (χ0v) is 12.2. The van der Waals surface area contributed by atoms with Crippen LogP contribution in [-0.2, 0) is 11.2 Å². The molecule has 3 rings (SSSR count). The third kappa shape index (κ3) is 2.44. The van der Waals surface area contributed by atoms with Crippen molar-refractivity contribution in [2.24, 2.45) is 0 Å². The molecule has 1 amide bonds. The van der Waals surface area contributed by atoms with Crippen molar-refractivity contribution in [3.63, 3.8) is 0 Å². The third-order valence-corrected chi connectivity index (χ3v) is 3.67. The first-order chi connectivity index (χ1) is 9.37. The molecule has 0 radical (unpaired) electrons. The van der Waals surface area contributed by atoms with Crippen LogP contribution < -0.4 is 4.74 Å². The number of rotatable bonds is 0.